The first-order valence-electron chi connectivity index (χ1n) is 11.1. The zero-order chi connectivity index (χ0) is 23.4. The van der Waals surface area contributed by atoms with Crippen molar-refractivity contribution in [2.75, 3.05) is 30.9 Å². The number of benzene rings is 3. The van der Waals surface area contributed by atoms with Crippen LogP contribution in [-0.4, -0.2) is 50.3 Å². The van der Waals surface area contributed by atoms with Crippen LogP contribution in [0.5, 0.6) is 0 Å². The van der Waals surface area contributed by atoms with Crippen LogP contribution in [0.4, 0.5) is 5.69 Å². The molecule has 1 heterocycles. The molecule has 1 aliphatic rings. The van der Waals surface area contributed by atoms with Gasteiger partial charge in [0.1, 0.15) is 0 Å². The van der Waals surface area contributed by atoms with Crippen molar-refractivity contribution in [2.24, 2.45) is 0 Å². The minimum atomic E-state index is -3.82. The molecular weight excluding hydrogens is 434 g/mol. The summed E-state index contributed by atoms with van der Waals surface area (Å²) in [5.74, 6) is -0.138. The Hall–Kier alpha value is -3.16. The first kappa shape index (κ1) is 23.0. The predicted molar refractivity (Wildman–Crippen MR) is 131 cm³/mol. The molecule has 172 valence electrons. The molecule has 6 nitrogen and oxygen atoms in total. The van der Waals surface area contributed by atoms with Crippen molar-refractivity contribution in [1.29, 1.82) is 0 Å². The van der Waals surface area contributed by atoms with Crippen molar-refractivity contribution in [2.45, 2.75) is 25.3 Å². The van der Waals surface area contributed by atoms with E-state index in [1.54, 1.807) is 42.2 Å². The first-order valence-corrected chi connectivity index (χ1v) is 12.6. The van der Waals surface area contributed by atoms with Crippen LogP contribution in [0.25, 0.3) is 0 Å². The van der Waals surface area contributed by atoms with Gasteiger partial charge in [0.2, 0.25) is 0 Å². The van der Waals surface area contributed by atoms with Crippen molar-refractivity contribution in [3.05, 3.63) is 95.1 Å². The maximum absolute atomic E-state index is 13.2. The van der Waals surface area contributed by atoms with Gasteiger partial charge in [-0.05, 0) is 54.8 Å². The Labute approximate surface area is 195 Å². The fraction of sp³-hybridized carbons (Fsp3) is 0.269. The lowest BCUT2D eigenvalue weighted by Crippen LogP contribution is -2.48. The third-order valence-electron chi connectivity index (χ3n) is 5.90. The van der Waals surface area contributed by atoms with E-state index in [4.69, 9.17) is 0 Å². The van der Waals surface area contributed by atoms with Crippen LogP contribution in [-0.2, 0) is 16.6 Å². The molecule has 3 aromatic rings. The summed E-state index contributed by atoms with van der Waals surface area (Å²) in [5, 5.41) is 0. The number of carbonyl (C=O) groups is 1. The van der Waals surface area contributed by atoms with Crippen molar-refractivity contribution in [3.8, 4) is 0 Å². The Balaban J connectivity index is 1.45. The molecule has 0 radical (unpaired) electrons. The average Bonchev–Trinajstić information content (AvgIpc) is 2.80. The lowest BCUT2D eigenvalue weighted by Gasteiger charge is -2.35. The Morgan fingerprint density at radius 2 is 1.61 bits per heavy atom. The van der Waals surface area contributed by atoms with Gasteiger partial charge < -0.3 is 4.90 Å². The number of nitrogens with zero attached hydrogens (tertiary/aromatic N) is 2. The van der Waals surface area contributed by atoms with Gasteiger partial charge in [-0.1, -0.05) is 48.5 Å². The molecule has 1 aliphatic heterocycles. The number of rotatable bonds is 6. The highest BCUT2D eigenvalue weighted by molar-refractivity contribution is 7.92. The van der Waals surface area contributed by atoms with E-state index >= 15 is 0 Å². The summed E-state index contributed by atoms with van der Waals surface area (Å²) >= 11 is 0. The molecule has 0 spiro atoms. The van der Waals surface area contributed by atoms with E-state index in [-0.39, 0.29) is 10.8 Å². The van der Waals surface area contributed by atoms with Gasteiger partial charge >= 0.3 is 0 Å². The maximum Gasteiger partial charge on any atom is 0.262 e. The van der Waals surface area contributed by atoms with Crippen LogP contribution in [0, 0.1) is 13.8 Å². The van der Waals surface area contributed by atoms with Gasteiger partial charge in [0.05, 0.1) is 4.90 Å². The number of nitrogens with one attached hydrogen (secondary N) is 1. The maximum atomic E-state index is 13.2. The highest BCUT2D eigenvalue weighted by Gasteiger charge is 2.25. The van der Waals surface area contributed by atoms with Gasteiger partial charge in [-0.15, -0.1) is 0 Å². The number of hydrogen-bond acceptors (Lipinski definition) is 4. The van der Waals surface area contributed by atoms with E-state index in [0.717, 1.165) is 25.2 Å². The molecule has 1 saturated heterocycles. The number of aryl methyl sites for hydroxylation is 2. The molecule has 0 aromatic heterocycles. The van der Waals surface area contributed by atoms with Crippen molar-refractivity contribution in [3.63, 3.8) is 0 Å². The van der Waals surface area contributed by atoms with Gasteiger partial charge in [-0.2, -0.15) is 0 Å². The van der Waals surface area contributed by atoms with Crippen LogP contribution < -0.4 is 4.72 Å². The monoisotopic (exact) mass is 463 g/mol. The molecule has 1 amide bonds. The molecule has 0 unspecified atom stereocenters. The van der Waals surface area contributed by atoms with Crippen molar-refractivity contribution in [1.82, 2.24) is 9.80 Å². The molecule has 0 saturated carbocycles. The number of anilines is 1. The van der Waals surface area contributed by atoms with E-state index in [2.05, 4.69) is 21.8 Å². The highest BCUT2D eigenvalue weighted by Crippen LogP contribution is 2.22. The summed E-state index contributed by atoms with van der Waals surface area (Å²) in [5.41, 5.74) is 3.70. The smallest absolute Gasteiger partial charge is 0.262 e. The molecule has 4 rings (SSSR count). The Bertz CT molecular complexity index is 1230. The predicted octanol–water partition coefficient (Wildman–Crippen LogP) is 4.06. The van der Waals surface area contributed by atoms with E-state index < -0.39 is 10.0 Å². The molecule has 0 bridgehead atoms. The van der Waals surface area contributed by atoms with Crippen LogP contribution in [0.1, 0.15) is 27.0 Å². The van der Waals surface area contributed by atoms with Gasteiger partial charge in [-0.3, -0.25) is 14.4 Å². The van der Waals surface area contributed by atoms with Gasteiger partial charge in [0.15, 0.2) is 0 Å². The summed E-state index contributed by atoms with van der Waals surface area (Å²) in [6.45, 7) is 7.30. The van der Waals surface area contributed by atoms with Crippen LogP contribution >= 0.6 is 0 Å². The summed E-state index contributed by atoms with van der Waals surface area (Å²) in [4.78, 5) is 17.4. The Kier molecular flexibility index (Phi) is 6.81. The molecule has 7 heteroatoms. The largest absolute Gasteiger partial charge is 0.336 e. The quantitative estimate of drug-likeness (QED) is 0.599. The summed E-state index contributed by atoms with van der Waals surface area (Å²) in [6, 6.07) is 22.4. The zero-order valence-corrected chi connectivity index (χ0v) is 19.8. The number of hydrogen-bond donors (Lipinski definition) is 1. The molecular formula is C26H29N3O3S. The van der Waals surface area contributed by atoms with Gasteiger partial charge in [0.25, 0.3) is 15.9 Å². The fourth-order valence-electron chi connectivity index (χ4n) is 4.07. The number of amides is 1. The number of piperazine rings is 1. The molecule has 33 heavy (non-hydrogen) atoms. The molecule has 3 aromatic carbocycles. The van der Waals surface area contributed by atoms with Gasteiger partial charge in [0, 0.05) is 44.0 Å². The van der Waals surface area contributed by atoms with E-state index in [0.29, 0.717) is 29.9 Å². The number of carbonyl (C=O) groups excluding carboxylic acids is 1. The highest BCUT2D eigenvalue weighted by atomic mass is 32.2. The van der Waals surface area contributed by atoms with Crippen LogP contribution in [0.3, 0.4) is 0 Å². The minimum Gasteiger partial charge on any atom is -0.336 e. The second kappa shape index (κ2) is 9.77. The Morgan fingerprint density at radius 1 is 0.879 bits per heavy atom. The minimum absolute atomic E-state index is 0.123. The third-order valence-corrected chi connectivity index (χ3v) is 7.43. The third kappa shape index (κ3) is 5.61. The van der Waals surface area contributed by atoms with Crippen LogP contribution in [0.2, 0.25) is 0 Å². The summed E-state index contributed by atoms with van der Waals surface area (Å²) in [6.07, 6.45) is 0. The van der Waals surface area contributed by atoms with Crippen molar-refractivity contribution < 1.29 is 13.2 Å². The van der Waals surface area contributed by atoms with Crippen molar-refractivity contribution >= 4 is 21.6 Å². The SMILES string of the molecule is Cc1cccc(NS(=O)(=O)c2cc(C(=O)N3CCN(Cc4ccccc4)CC3)ccc2C)c1. The number of sulfonamides is 1. The molecule has 1 fully saturated rings. The lowest BCUT2D eigenvalue weighted by molar-refractivity contribution is 0.0628. The second-order valence-electron chi connectivity index (χ2n) is 8.51. The van der Waals surface area contributed by atoms with E-state index in [1.807, 2.05) is 31.2 Å². The standard InChI is InChI=1S/C26H29N3O3S/c1-20-7-6-10-24(17-20)27-33(31,32)25-18-23(12-11-21(25)2)26(30)29-15-13-28(14-16-29)19-22-8-4-3-5-9-22/h3-12,17-18,27H,13-16,19H2,1-2H3. The van der Waals surface area contributed by atoms with E-state index in [9.17, 15) is 13.2 Å². The first-order chi connectivity index (χ1) is 15.8. The normalized spacial score (nSPS) is 14.8. The molecule has 0 aliphatic carbocycles. The average molecular weight is 464 g/mol. The lowest BCUT2D eigenvalue weighted by atomic mass is 10.1. The van der Waals surface area contributed by atoms with Crippen LogP contribution in [0.15, 0.2) is 77.7 Å². The topological polar surface area (TPSA) is 69.7 Å². The van der Waals surface area contributed by atoms with E-state index in [1.165, 1.54) is 11.6 Å². The Morgan fingerprint density at radius 3 is 2.30 bits per heavy atom. The molecule has 1 N–H and O–H groups in total. The fourth-order valence-corrected chi connectivity index (χ4v) is 5.40. The summed E-state index contributed by atoms with van der Waals surface area (Å²) in [7, 11) is -3.82. The summed E-state index contributed by atoms with van der Waals surface area (Å²) < 4.78 is 28.7. The zero-order valence-electron chi connectivity index (χ0n) is 19.0. The van der Waals surface area contributed by atoms with Gasteiger partial charge in [-0.25, -0.2) is 8.42 Å². The molecule has 0 atom stereocenters. The second-order valence-corrected chi connectivity index (χ2v) is 10.2.